The summed E-state index contributed by atoms with van der Waals surface area (Å²) in [7, 11) is -1.10. The molecule has 1 fully saturated rings. The molecule has 0 saturated heterocycles. The van der Waals surface area contributed by atoms with Gasteiger partial charge in [-0.15, -0.1) is 0 Å². The fraction of sp³-hybridized carbons (Fsp3) is 0.500. The minimum absolute atomic E-state index is 0.0633. The maximum absolute atomic E-state index is 12.9. The van der Waals surface area contributed by atoms with Crippen LogP contribution in [0.25, 0.3) is 0 Å². The van der Waals surface area contributed by atoms with Gasteiger partial charge in [-0.3, -0.25) is 4.21 Å². The smallest absolute Gasteiger partial charge is 0.228 e. The number of fused-ring (bicyclic) bond motifs is 1. The van der Waals surface area contributed by atoms with Crippen molar-refractivity contribution in [1.82, 2.24) is 9.97 Å². The third-order valence-corrected chi connectivity index (χ3v) is 9.19. The van der Waals surface area contributed by atoms with Crippen LogP contribution in [0.4, 0.5) is 17.5 Å². The average molecular weight is 486 g/mol. The Morgan fingerprint density at radius 3 is 2.36 bits per heavy atom. The number of aliphatic hydroxyl groups is 1. The largest absolute Gasteiger partial charge is 0.394 e. The molecule has 3 aliphatic heterocycles. The van der Waals surface area contributed by atoms with Gasteiger partial charge in [-0.2, -0.15) is 4.98 Å². The first-order chi connectivity index (χ1) is 16.0. The lowest BCUT2D eigenvalue weighted by Crippen LogP contribution is -2.49. The molecule has 0 radical (unpaired) electrons. The molecule has 1 aliphatic carbocycles. The van der Waals surface area contributed by atoms with Gasteiger partial charge in [0.1, 0.15) is 10.7 Å². The van der Waals surface area contributed by atoms with Crippen molar-refractivity contribution in [3.63, 3.8) is 0 Å². The molecule has 9 heteroatoms. The van der Waals surface area contributed by atoms with Gasteiger partial charge in [0, 0.05) is 42.6 Å². The van der Waals surface area contributed by atoms with Crippen molar-refractivity contribution in [1.29, 1.82) is 0 Å². The predicted octanol–water partition coefficient (Wildman–Crippen LogP) is 3.15. The minimum Gasteiger partial charge on any atom is -0.394 e. The second-order valence-electron chi connectivity index (χ2n) is 9.61. The first-order valence-electron chi connectivity index (χ1n) is 11.7. The van der Waals surface area contributed by atoms with Crippen molar-refractivity contribution in [2.75, 3.05) is 53.7 Å². The standard InChI is InChI=1S/C24H28ClN5O2S/c25-18-4-6-19(7-5-18)29-11-16-13-30(14-17(16)12-29)23-26-20-3-1-10-33(32)21(20)22(27-23)28-24(15-31)8-2-9-24/h4-7,31H,1-3,8-15H2,(H,26,27,28). The maximum atomic E-state index is 12.9. The topological polar surface area (TPSA) is 81.6 Å². The van der Waals surface area contributed by atoms with Crippen LogP contribution in [0.1, 0.15) is 31.4 Å². The van der Waals surface area contributed by atoms with Crippen molar-refractivity contribution in [2.45, 2.75) is 42.5 Å². The van der Waals surface area contributed by atoms with Gasteiger partial charge in [0.15, 0.2) is 0 Å². The van der Waals surface area contributed by atoms with Gasteiger partial charge < -0.3 is 20.2 Å². The number of anilines is 3. The van der Waals surface area contributed by atoms with Crippen LogP contribution in [0.15, 0.2) is 40.3 Å². The number of halogens is 1. The lowest BCUT2D eigenvalue weighted by molar-refractivity contribution is 0.143. The molecule has 0 amide bonds. The highest BCUT2D eigenvalue weighted by Crippen LogP contribution is 2.39. The number of aryl methyl sites for hydroxylation is 1. The van der Waals surface area contributed by atoms with Gasteiger partial charge in [0.05, 0.1) is 28.6 Å². The molecule has 174 valence electrons. The van der Waals surface area contributed by atoms with Crippen molar-refractivity contribution < 1.29 is 9.32 Å². The summed E-state index contributed by atoms with van der Waals surface area (Å²) in [6.45, 7) is 3.49. The summed E-state index contributed by atoms with van der Waals surface area (Å²) in [6.07, 6.45) is 4.60. The molecule has 2 N–H and O–H groups in total. The number of hydrogen-bond acceptors (Lipinski definition) is 7. The molecule has 2 aromatic rings. The summed E-state index contributed by atoms with van der Waals surface area (Å²) in [4.78, 5) is 15.1. The number of hydrogen-bond donors (Lipinski definition) is 2. The van der Waals surface area contributed by atoms with Gasteiger partial charge in [-0.25, -0.2) is 4.98 Å². The summed E-state index contributed by atoms with van der Waals surface area (Å²) in [5.41, 5.74) is 4.60. The van der Waals surface area contributed by atoms with Crippen molar-refractivity contribution in [3.05, 3.63) is 46.1 Å². The van der Waals surface area contributed by atoms with Gasteiger partial charge in [-0.05, 0) is 67.5 Å². The molecule has 7 nitrogen and oxygen atoms in total. The van der Waals surface area contributed by atoms with E-state index in [1.54, 1.807) is 0 Å². The van der Waals surface area contributed by atoms with Gasteiger partial charge >= 0.3 is 0 Å². The molecule has 1 unspecified atom stereocenters. The first-order valence-corrected chi connectivity index (χ1v) is 13.4. The van der Waals surface area contributed by atoms with E-state index in [1.807, 2.05) is 12.1 Å². The monoisotopic (exact) mass is 485 g/mol. The molecule has 6 rings (SSSR count). The molecule has 0 spiro atoms. The Hall–Kier alpha value is -2.16. The van der Waals surface area contributed by atoms with E-state index in [0.717, 1.165) is 73.9 Å². The van der Waals surface area contributed by atoms with Crippen LogP contribution in [-0.2, 0) is 17.2 Å². The van der Waals surface area contributed by atoms with Crippen LogP contribution in [0.5, 0.6) is 0 Å². The number of aromatic nitrogens is 2. The summed E-state index contributed by atoms with van der Waals surface area (Å²) < 4.78 is 12.9. The molecule has 1 aromatic heterocycles. The highest BCUT2D eigenvalue weighted by atomic mass is 35.5. The van der Waals surface area contributed by atoms with E-state index >= 15 is 0 Å². The summed E-state index contributed by atoms with van der Waals surface area (Å²) >= 11 is 6.05. The molecular formula is C24H28ClN5O2S. The van der Waals surface area contributed by atoms with Gasteiger partial charge in [0.25, 0.3) is 0 Å². The lowest BCUT2D eigenvalue weighted by atomic mass is 9.77. The van der Waals surface area contributed by atoms with Crippen LogP contribution >= 0.6 is 11.6 Å². The lowest BCUT2D eigenvalue weighted by Gasteiger charge is -2.42. The molecule has 4 heterocycles. The average Bonchev–Trinajstić information content (AvgIpc) is 3.36. The normalized spacial score (nSPS) is 23.4. The Balaban J connectivity index is 1.24. The Morgan fingerprint density at radius 1 is 1.03 bits per heavy atom. The summed E-state index contributed by atoms with van der Waals surface area (Å²) in [5, 5.41) is 14.2. The second-order valence-corrected chi connectivity index (χ2v) is 11.6. The zero-order chi connectivity index (χ0) is 22.6. The molecule has 1 atom stereocenters. The number of rotatable bonds is 5. The van der Waals surface area contributed by atoms with E-state index in [-0.39, 0.29) is 12.1 Å². The van der Waals surface area contributed by atoms with Gasteiger partial charge in [0.2, 0.25) is 5.95 Å². The molecular weight excluding hydrogens is 458 g/mol. The van der Waals surface area contributed by atoms with Crippen LogP contribution in [0, 0.1) is 0 Å². The van der Waals surface area contributed by atoms with E-state index in [4.69, 9.17) is 21.6 Å². The van der Waals surface area contributed by atoms with Crippen LogP contribution in [-0.4, -0.2) is 63.4 Å². The predicted molar refractivity (Wildman–Crippen MR) is 132 cm³/mol. The Kier molecular flexibility index (Phi) is 5.35. The second kappa shape index (κ2) is 8.25. The molecule has 4 aliphatic rings. The molecule has 33 heavy (non-hydrogen) atoms. The zero-order valence-electron chi connectivity index (χ0n) is 18.5. The fourth-order valence-corrected chi connectivity index (χ4v) is 6.78. The van der Waals surface area contributed by atoms with Crippen LogP contribution in [0.3, 0.4) is 0 Å². The summed E-state index contributed by atoms with van der Waals surface area (Å²) in [5.74, 6) is 2.02. The highest BCUT2D eigenvalue weighted by molar-refractivity contribution is 7.85. The van der Waals surface area contributed by atoms with Crippen molar-refractivity contribution >= 4 is 39.9 Å². The van der Waals surface area contributed by atoms with E-state index < -0.39 is 10.8 Å². The first kappa shape index (κ1) is 21.4. The van der Waals surface area contributed by atoms with E-state index in [9.17, 15) is 9.32 Å². The van der Waals surface area contributed by atoms with Crippen LogP contribution < -0.4 is 15.1 Å². The molecule has 1 saturated carbocycles. The van der Waals surface area contributed by atoms with Crippen molar-refractivity contribution in [3.8, 4) is 0 Å². The molecule has 0 bridgehead atoms. The van der Waals surface area contributed by atoms with E-state index in [2.05, 4.69) is 27.2 Å². The minimum atomic E-state index is -1.10. The zero-order valence-corrected chi connectivity index (χ0v) is 20.1. The van der Waals surface area contributed by atoms with Gasteiger partial charge in [-0.1, -0.05) is 11.6 Å². The summed E-state index contributed by atoms with van der Waals surface area (Å²) in [6, 6.07) is 8.02. The number of aliphatic hydroxyl groups excluding tert-OH is 1. The third kappa shape index (κ3) is 3.82. The number of nitrogens with zero attached hydrogens (tertiary/aromatic N) is 4. The highest BCUT2D eigenvalue weighted by Gasteiger charge is 2.39. The number of nitrogens with one attached hydrogen (secondary N) is 1. The Morgan fingerprint density at radius 2 is 1.73 bits per heavy atom. The van der Waals surface area contributed by atoms with E-state index in [0.29, 0.717) is 17.5 Å². The van der Waals surface area contributed by atoms with E-state index in [1.165, 1.54) is 16.8 Å². The molecule has 1 aromatic carbocycles. The van der Waals surface area contributed by atoms with Crippen molar-refractivity contribution in [2.24, 2.45) is 0 Å². The fourth-order valence-electron chi connectivity index (χ4n) is 5.33. The quantitative estimate of drug-likeness (QED) is 0.629. The Bertz CT molecular complexity index is 1120. The SMILES string of the molecule is O=S1CCCc2nc(N3CC4=C(CN(c5ccc(Cl)cc5)C4)C3)nc(NC3(CO)CCC3)c21. The number of benzene rings is 1. The Labute approximate surface area is 201 Å². The van der Waals surface area contributed by atoms with Crippen LogP contribution in [0.2, 0.25) is 5.02 Å². The third-order valence-electron chi connectivity index (χ3n) is 7.39. The maximum Gasteiger partial charge on any atom is 0.228 e.